The molecular formula is C14H21BrN2O2. The van der Waals surface area contributed by atoms with Crippen molar-refractivity contribution in [2.75, 3.05) is 13.6 Å². The van der Waals surface area contributed by atoms with Crippen LogP contribution in [0.15, 0.2) is 28.7 Å². The molecule has 0 aliphatic rings. The van der Waals surface area contributed by atoms with Crippen molar-refractivity contribution in [3.63, 3.8) is 0 Å². The summed E-state index contributed by atoms with van der Waals surface area (Å²) in [6, 6.07) is 7.57. The largest absolute Gasteiger partial charge is 0.444 e. The molecule has 0 aromatic heterocycles. The molecule has 106 valence electrons. The number of hydrogen-bond acceptors (Lipinski definition) is 3. The number of nitrogens with zero attached hydrogens (tertiary/aromatic N) is 1. The highest BCUT2D eigenvalue weighted by molar-refractivity contribution is 9.10. The molecule has 1 rings (SSSR count). The molecule has 0 saturated carbocycles. The van der Waals surface area contributed by atoms with Gasteiger partial charge < -0.3 is 15.4 Å². The Morgan fingerprint density at radius 3 is 2.32 bits per heavy atom. The Balaban J connectivity index is 2.85. The van der Waals surface area contributed by atoms with Crippen LogP contribution in [-0.2, 0) is 4.74 Å². The van der Waals surface area contributed by atoms with Crippen LogP contribution in [0.3, 0.4) is 0 Å². The predicted octanol–water partition coefficient (Wildman–Crippen LogP) is 3.32. The van der Waals surface area contributed by atoms with Crippen molar-refractivity contribution >= 4 is 22.0 Å². The molecule has 0 saturated heterocycles. The Morgan fingerprint density at radius 1 is 1.37 bits per heavy atom. The van der Waals surface area contributed by atoms with Crippen molar-refractivity contribution in [3.05, 3.63) is 34.3 Å². The highest BCUT2D eigenvalue weighted by atomic mass is 79.9. The number of amides is 1. The van der Waals surface area contributed by atoms with E-state index in [2.05, 4.69) is 15.9 Å². The van der Waals surface area contributed by atoms with E-state index < -0.39 is 5.60 Å². The second kappa shape index (κ2) is 6.39. The van der Waals surface area contributed by atoms with Crippen LogP contribution >= 0.6 is 15.9 Å². The Hall–Kier alpha value is -1.07. The molecule has 1 amide bonds. The second-order valence-corrected chi connectivity index (χ2v) is 6.31. The molecule has 4 nitrogen and oxygen atoms in total. The number of rotatable bonds is 3. The highest BCUT2D eigenvalue weighted by Crippen LogP contribution is 2.22. The van der Waals surface area contributed by atoms with Crippen LogP contribution < -0.4 is 5.73 Å². The van der Waals surface area contributed by atoms with E-state index in [-0.39, 0.29) is 12.1 Å². The van der Waals surface area contributed by atoms with E-state index >= 15 is 0 Å². The third kappa shape index (κ3) is 4.84. The van der Waals surface area contributed by atoms with Crippen molar-refractivity contribution < 1.29 is 9.53 Å². The van der Waals surface area contributed by atoms with E-state index in [1.165, 1.54) is 4.90 Å². The lowest BCUT2D eigenvalue weighted by Crippen LogP contribution is -2.39. The average Bonchev–Trinajstić information content (AvgIpc) is 2.30. The molecule has 1 unspecified atom stereocenters. The predicted molar refractivity (Wildman–Crippen MR) is 79.9 cm³/mol. The smallest absolute Gasteiger partial charge is 0.410 e. The van der Waals surface area contributed by atoms with Gasteiger partial charge in [0.05, 0.1) is 6.04 Å². The summed E-state index contributed by atoms with van der Waals surface area (Å²) >= 11 is 3.39. The molecule has 1 aromatic rings. The molecule has 0 spiro atoms. The van der Waals surface area contributed by atoms with Gasteiger partial charge in [-0.25, -0.2) is 4.79 Å². The maximum absolute atomic E-state index is 12.0. The minimum absolute atomic E-state index is 0.192. The van der Waals surface area contributed by atoms with Gasteiger partial charge in [0.25, 0.3) is 0 Å². The summed E-state index contributed by atoms with van der Waals surface area (Å²) in [5.41, 5.74) is 6.26. The summed E-state index contributed by atoms with van der Waals surface area (Å²) < 4.78 is 6.34. The molecule has 1 atom stereocenters. The number of carbonyl (C=O) groups excluding carboxylic acids is 1. The van der Waals surface area contributed by atoms with Crippen LogP contribution in [0.2, 0.25) is 0 Å². The van der Waals surface area contributed by atoms with Gasteiger partial charge in [-0.15, -0.1) is 0 Å². The second-order valence-electron chi connectivity index (χ2n) is 5.39. The van der Waals surface area contributed by atoms with Crippen molar-refractivity contribution in [1.82, 2.24) is 4.90 Å². The molecule has 0 fully saturated rings. The van der Waals surface area contributed by atoms with Crippen molar-refractivity contribution in [3.8, 4) is 0 Å². The first-order chi connectivity index (χ1) is 8.74. The zero-order valence-electron chi connectivity index (χ0n) is 11.8. The van der Waals surface area contributed by atoms with E-state index in [1.807, 2.05) is 45.0 Å². The first-order valence-electron chi connectivity index (χ1n) is 6.16. The summed E-state index contributed by atoms with van der Waals surface area (Å²) in [7, 11) is 1.70. The summed E-state index contributed by atoms with van der Waals surface area (Å²) in [5.74, 6) is 0. The SMILES string of the molecule is CN(C(=O)OC(C)(C)C)C(CN)c1ccc(Br)cc1. The van der Waals surface area contributed by atoms with Gasteiger partial charge in [0.1, 0.15) is 5.60 Å². The van der Waals surface area contributed by atoms with E-state index in [9.17, 15) is 4.79 Å². The van der Waals surface area contributed by atoms with Crippen LogP contribution in [0, 0.1) is 0 Å². The lowest BCUT2D eigenvalue weighted by atomic mass is 10.1. The number of benzene rings is 1. The van der Waals surface area contributed by atoms with Gasteiger partial charge in [-0.1, -0.05) is 28.1 Å². The molecule has 0 radical (unpaired) electrons. The third-order valence-electron chi connectivity index (χ3n) is 2.63. The van der Waals surface area contributed by atoms with E-state index in [1.54, 1.807) is 7.05 Å². The zero-order chi connectivity index (χ0) is 14.6. The van der Waals surface area contributed by atoms with Gasteiger partial charge in [0.2, 0.25) is 0 Å². The highest BCUT2D eigenvalue weighted by Gasteiger charge is 2.25. The number of nitrogens with two attached hydrogens (primary N) is 1. The summed E-state index contributed by atoms with van der Waals surface area (Å²) in [6.07, 6.45) is -0.370. The molecule has 0 aliphatic heterocycles. The number of likely N-dealkylation sites (N-methyl/N-ethyl adjacent to an activating group) is 1. The maximum atomic E-state index is 12.0. The summed E-state index contributed by atoms with van der Waals surface area (Å²) in [4.78, 5) is 13.6. The van der Waals surface area contributed by atoms with Gasteiger partial charge >= 0.3 is 6.09 Å². The Bertz CT molecular complexity index is 426. The summed E-state index contributed by atoms with van der Waals surface area (Å²) in [6.45, 7) is 5.87. The van der Waals surface area contributed by atoms with Crippen LogP contribution in [0.4, 0.5) is 4.79 Å². The van der Waals surface area contributed by atoms with Crippen molar-refractivity contribution in [2.45, 2.75) is 32.4 Å². The third-order valence-corrected chi connectivity index (χ3v) is 3.16. The molecule has 5 heteroatoms. The van der Waals surface area contributed by atoms with Gasteiger partial charge in [-0.3, -0.25) is 0 Å². The molecular weight excluding hydrogens is 308 g/mol. The number of hydrogen-bond donors (Lipinski definition) is 1. The van der Waals surface area contributed by atoms with Crippen LogP contribution in [0.1, 0.15) is 32.4 Å². The van der Waals surface area contributed by atoms with Gasteiger partial charge in [0, 0.05) is 18.1 Å². The fraction of sp³-hybridized carbons (Fsp3) is 0.500. The van der Waals surface area contributed by atoms with E-state index in [0.29, 0.717) is 6.54 Å². The van der Waals surface area contributed by atoms with Crippen molar-refractivity contribution in [1.29, 1.82) is 0 Å². The fourth-order valence-electron chi connectivity index (χ4n) is 1.66. The fourth-order valence-corrected chi connectivity index (χ4v) is 1.93. The normalized spacial score (nSPS) is 12.9. The number of carbonyl (C=O) groups is 1. The van der Waals surface area contributed by atoms with E-state index in [4.69, 9.17) is 10.5 Å². The number of ether oxygens (including phenoxy) is 1. The maximum Gasteiger partial charge on any atom is 0.410 e. The van der Waals surface area contributed by atoms with E-state index in [0.717, 1.165) is 10.0 Å². The molecule has 1 aromatic carbocycles. The molecule has 0 aliphatic carbocycles. The topological polar surface area (TPSA) is 55.6 Å². The monoisotopic (exact) mass is 328 g/mol. The lowest BCUT2D eigenvalue weighted by molar-refractivity contribution is 0.0225. The number of halogens is 1. The van der Waals surface area contributed by atoms with Crippen LogP contribution in [0.25, 0.3) is 0 Å². The molecule has 0 bridgehead atoms. The zero-order valence-corrected chi connectivity index (χ0v) is 13.4. The average molecular weight is 329 g/mol. The molecule has 2 N–H and O–H groups in total. The Morgan fingerprint density at radius 2 is 1.89 bits per heavy atom. The Labute approximate surface area is 123 Å². The lowest BCUT2D eigenvalue weighted by Gasteiger charge is -2.30. The van der Waals surface area contributed by atoms with Crippen molar-refractivity contribution in [2.24, 2.45) is 5.73 Å². The quantitative estimate of drug-likeness (QED) is 0.925. The first-order valence-corrected chi connectivity index (χ1v) is 6.95. The first kappa shape index (κ1) is 16.0. The molecule has 19 heavy (non-hydrogen) atoms. The summed E-state index contributed by atoms with van der Waals surface area (Å²) in [5, 5.41) is 0. The minimum Gasteiger partial charge on any atom is -0.444 e. The standard InChI is InChI=1S/C14H21BrN2O2/c1-14(2,3)19-13(18)17(4)12(9-16)10-5-7-11(15)8-6-10/h5-8,12H,9,16H2,1-4H3. The van der Waals surface area contributed by atoms with Crippen LogP contribution in [-0.4, -0.2) is 30.2 Å². The minimum atomic E-state index is -0.510. The Kier molecular flexibility index (Phi) is 5.38. The molecule has 0 heterocycles. The van der Waals surface area contributed by atoms with Gasteiger partial charge in [-0.2, -0.15) is 0 Å². The van der Waals surface area contributed by atoms with Gasteiger partial charge in [0.15, 0.2) is 0 Å². The van der Waals surface area contributed by atoms with Crippen LogP contribution in [0.5, 0.6) is 0 Å². The van der Waals surface area contributed by atoms with Gasteiger partial charge in [-0.05, 0) is 38.5 Å².